The van der Waals surface area contributed by atoms with Crippen molar-refractivity contribution in [1.29, 1.82) is 0 Å². The van der Waals surface area contributed by atoms with Crippen molar-refractivity contribution in [1.82, 2.24) is 14.9 Å². The molecule has 5 nitrogen and oxygen atoms in total. The number of carbonyl (C=O) groups excluding carboxylic acids is 1. The summed E-state index contributed by atoms with van der Waals surface area (Å²) in [5.41, 5.74) is 5.12. The first-order valence-electron chi connectivity index (χ1n) is 13.6. The Bertz CT molecular complexity index is 1340. The van der Waals surface area contributed by atoms with Crippen LogP contribution in [0, 0.1) is 12.7 Å². The number of aromatic nitrogens is 2. The molecule has 0 saturated heterocycles. The van der Waals surface area contributed by atoms with E-state index in [-0.39, 0.29) is 11.7 Å². The second-order valence-electron chi connectivity index (χ2n) is 10.1. The number of nitrogens with one attached hydrogen (secondary N) is 1. The van der Waals surface area contributed by atoms with Crippen LogP contribution < -0.4 is 10.1 Å². The molecule has 4 aromatic rings. The number of hydrogen-bond acceptors (Lipinski definition) is 3. The molecule has 1 heterocycles. The van der Waals surface area contributed by atoms with Gasteiger partial charge in [0.05, 0.1) is 17.6 Å². The third-order valence-electron chi connectivity index (χ3n) is 6.78. The monoisotopic (exact) mass is 515 g/mol. The minimum atomic E-state index is -0.341. The minimum absolute atomic E-state index is 0.166. The van der Waals surface area contributed by atoms with Crippen LogP contribution in [0.5, 0.6) is 5.75 Å². The molecule has 1 aromatic heterocycles. The molecule has 0 radical (unpaired) electrons. The van der Waals surface area contributed by atoms with E-state index in [1.807, 2.05) is 6.07 Å². The number of ether oxygens (including phenoxy) is 1. The Morgan fingerprint density at radius 3 is 2.58 bits per heavy atom. The Kier molecular flexibility index (Phi) is 9.52. The number of aryl methyl sites for hydroxylation is 3. The SMILES string of the molecule is Cc1ccc(C(C)C)c(OCCCn2c(CCCCCNC(=O)c3ccc(F)cc3)nc3ccccc32)c1. The molecule has 0 bridgehead atoms. The number of rotatable bonds is 13. The van der Waals surface area contributed by atoms with Crippen LogP contribution in [0.2, 0.25) is 0 Å². The third-order valence-corrected chi connectivity index (χ3v) is 6.78. The summed E-state index contributed by atoms with van der Waals surface area (Å²) in [5, 5.41) is 2.92. The first-order chi connectivity index (χ1) is 18.4. The number of para-hydroxylation sites is 2. The summed E-state index contributed by atoms with van der Waals surface area (Å²) >= 11 is 0. The van der Waals surface area contributed by atoms with Crippen molar-refractivity contribution >= 4 is 16.9 Å². The lowest BCUT2D eigenvalue weighted by Crippen LogP contribution is -2.24. The van der Waals surface area contributed by atoms with Crippen LogP contribution in [-0.2, 0) is 13.0 Å². The highest BCUT2D eigenvalue weighted by molar-refractivity contribution is 5.94. The zero-order valence-corrected chi connectivity index (χ0v) is 22.7. The summed E-state index contributed by atoms with van der Waals surface area (Å²) in [4.78, 5) is 17.1. The fourth-order valence-corrected chi connectivity index (χ4v) is 4.70. The largest absolute Gasteiger partial charge is 0.493 e. The van der Waals surface area contributed by atoms with Crippen LogP contribution in [0.1, 0.15) is 72.8 Å². The molecule has 38 heavy (non-hydrogen) atoms. The number of halogens is 1. The zero-order valence-electron chi connectivity index (χ0n) is 22.7. The van der Waals surface area contributed by atoms with Crippen LogP contribution in [0.15, 0.2) is 66.7 Å². The number of amides is 1. The summed E-state index contributed by atoms with van der Waals surface area (Å²) < 4.78 is 21.6. The van der Waals surface area contributed by atoms with Gasteiger partial charge in [-0.3, -0.25) is 4.79 Å². The van der Waals surface area contributed by atoms with Gasteiger partial charge in [-0.15, -0.1) is 0 Å². The van der Waals surface area contributed by atoms with Crippen molar-refractivity contribution < 1.29 is 13.9 Å². The summed E-state index contributed by atoms with van der Waals surface area (Å²) in [6.07, 6.45) is 4.65. The van der Waals surface area contributed by atoms with E-state index in [2.05, 4.69) is 67.1 Å². The Balaban J connectivity index is 1.27. The predicted octanol–water partition coefficient (Wildman–Crippen LogP) is 7.22. The zero-order chi connectivity index (χ0) is 26.9. The average molecular weight is 516 g/mol. The Morgan fingerprint density at radius 2 is 1.79 bits per heavy atom. The molecule has 3 aromatic carbocycles. The lowest BCUT2D eigenvalue weighted by Gasteiger charge is -2.15. The summed E-state index contributed by atoms with van der Waals surface area (Å²) in [5.74, 6) is 2.00. The number of unbranched alkanes of at least 4 members (excludes halogenated alkanes) is 2. The summed E-state index contributed by atoms with van der Waals surface area (Å²) in [7, 11) is 0. The number of imidazole rings is 1. The fourth-order valence-electron chi connectivity index (χ4n) is 4.70. The van der Waals surface area contributed by atoms with Gasteiger partial charge in [0.25, 0.3) is 5.91 Å². The van der Waals surface area contributed by atoms with Gasteiger partial charge in [-0.25, -0.2) is 9.37 Å². The highest BCUT2D eigenvalue weighted by Crippen LogP contribution is 2.28. The molecule has 0 aliphatic carbocycles. The van der Waals surface area contributed by atoms with E-state index in [0.717, 1.165) is 61.3 Å². The van der Waals surface area contributed by atoms with Gasteiger partial charge in [0.1, 0.15) is 17.4 Å². The number of benzene rings is 3. The fraction of sp³-hybridized carbons (Fsp3) is 0.375. The lowest BCUT2D eigenvalue weighted by molar-refractivity contribution is 0.0953. The van der Waals surface area contributed by atoms with Gasteiger partial charge in [-0.1, -0.05) is 44.5 Å². The molecular weight excluding hydrogens is 477 g/mol. The Labute approximate surface area is 225 Å². The van der Waals surface area contributed by atoms with Gasteiger partial charge in [-0.2, -0.15) is 0 Å². The maximum Gasteiger partial charge on any atom is 0.251 e. The first kappa shape index (κ1) is 27.4. The van der Waals surface area contributed by atoms with E-state index >= 15 is 0 Å². The van der Waals surface area contributed by atoms with Crippen molar-refractivity contribution in [2.24, 2.45) is 0 Å². The van der Waals surface area contributed by atoms with E-state index in [1.165, 1.54) is 35.4 Å². The van der Waals surface area contributed by atoms with E-state index in [4.69, 9.17) is 9.72 Å². The highest BCUT2D eigenvalue weighted by atomic mass is 19.1. The second-order valence-corrected chi connectivity index (χ2v) is 10.1. The standard InChI is InChI=1S/C32H38FN3O2/c1-23(2)27-18-13-24(3)22-30(27)38-21-9-20-36-29-11-7-6-10-28(29)35-31(36)12-5-4-8-19-34-32(37)25-14-16-26(33)17-15-25/h6-7,10-11,13-18,22-23H,4-5,8-9,12,19-21H2,1-3H3,(H,34,37). The van der Waals surface area contributed by atoms with Gasteiger partial charge < -0.3 is 14.6 Å². The van der Waals surface area contributed by atoms with Crippen molar-refractivity contribution in [3.05, 3.63) is 95.1 Å². The van der Waals surface area contributed by atoms with E-state index < -0.39 is 0 Å². The van der Waals surface area contributed by atoms with Gasteiger partial charge in [0.15, 0.2) is 0 Å². The Hall–Kier alpha value is -3.67. The molecule has 1 amide bonds. The normalized spacial score (nSPS) is 11.3. The topological polar surface area (TPSA) is 56.1 Å². The van der Waals surface area contributed by atoms with Crippen molar-refractivity contribution in [3.8, 4) is 5.75 Å². The van der Waals surface area contributed by atoms with Gasteiger partial charge in [0, 0.05) is 25.1 Å². The van der Waals surface area contributed by atoms with Crippen LogP contribution in [-0.4, -0.2) is 28.6 Å². The molecule has 6 heteroatoms. The number of fused-ring (bicyclic) bond motifs is 1. The number of nitrogens with zero attached hydrogens (tertiary/aromatic N) is 2. The van der Waals surface area contributed by atoms with E-state index in [1.54, 1.807) is 0 Å². The second kappa shape index (κ2) is 13.2. The molecule has 0 unspecified atom stereocenters. The maximum absolute atomic E-state index is 13.0. The lowest BCUT2D eigenvalue weighted by atomic mass is 10.0. The molecular formula is C32H38FN3O2. The van der Waals surface area contributed by atoms with Crippen LogP contribution in [0.25, 0.3) is 11.0 Å². The van der Waals surface area contributed by atoms with Gasteiger partial charge in [0.2, 0.25) is 0 Å². The summed E-state index contributed by atoms with van der Waals surface area (Å²) in [6, 6.07) is 20.4. The molecule has 0 aliphatic heterocycles. The smallest absolute Gasteiger partial charge is 0.251 e. The van der Waals surface area contributed by atoms with Crippen LogP contribution in [0.3, 0.4) is 0 Å². The van der Waals surface area contributed by atoms with E-state index in [0.29, 0.717) is 24.6 Å². The highest BCUT2D eigenvalue weighted by Gasteiger charge is 2.12. The molecule has 0 atom stereocenters. The molecule has 0 spiro atoms. The summed E-state index contributed by atoms with van der Waals surface area (Å²) in [6.45, 7) is 8.60. The number of hydrogen-bond donors (Lipinski definition) is 1. The van der Waals surface area contributed by atoms with E-state index in [9.17, 15) is 9.18 Å². The molecule has 0 aliphatic rings. The minimum Gasteiger partial charge on any atom is -0.493 e. The average Bonchev–Trinajstić information content (AvgIpc) is 3.26. The van der Waals surface area contributed by atoms with Gasteiger partial charge in [-0.05, 0) is 85.7 Å². The Morgan fingerprint density at radius 1 is 1.00 bits per heavy atom. The quantitative estimate of drug-likeness (QED) is 0.191. The van der Waals surface area contributed by atoms with Crippen LogP contribution in [0.4, 0.5) is 4.39 Å². The third kappa shape index (κ3) is 7.21. The van der Waals surface area contributed by atoms with Gasteiger partial charge >= 0.3 is 0 Å². The number of carbonyl (C=O) groups is 1. The van der Waals surface area contributed by atoms with Crippen LogP contribution >= 0.6 is 0 Å². The predicted molar refractivity (Wildman–Crippen MR) is 151 cm³/mol. The van der Waals surface area contributed by atoms with Crippen molar-refractivity contribution in [3.63, 3.8) is 0 Å². The molecule has 4 rings (SSSR count). The molecule has 0 fully saturated rings. The molecule has 0 saturated carbocycles. The molecule has 1 N–H and O–H groups in total. The van der Waals surface area contributed by atoms with Crippen molar-refractivity contribution in [2.75, 3.05) is 13.2 Å². The first-order valence-corrected chi connectivity index (χ1v) is 13.6. The van der Waals surface area contributed by atoms with Crippen molar-refractivity contribution in [2.45, 2.75) is 65.3 Å². The maximum atomic E-state index is 13.0. The molecule has 200 valence electrons.